The maximum Gasteiger partial charge on any atom is 0.335 e. The number of methoxy groups -OCH3 is 2. The molecular formula is C15H15NO4. The molecule has 0 atom stereocenters. The van der Waals surface area contributed by atoms with E-state index in [0.29, 0.717) is 11.5 Å². The molecule has 0 radical (unpaired) electrons. The monoisotopic (exact) mass is 273 g/mol. The number of rotatable bonds is 5. The topological polar surface area (TPSA) is 67.8 Å². The standard InChI is InChI=1S/C15H15NO4/c1-19-12-7-8-13(14(9-12)20-2)16-11-5-3-10(4-6-11)15(17)18/h3-9,16H,1-2H3,(H,17,18). The van der Waals surface area contributed by atoms with Crippen LogP contribution in [0, 0.1) is 0 Å². The predicted molar refractivity (Wildman–Crippen MR) is 76.2 cm³/mol. The summed E-state index contributed by atoms with van der Waals surface area (Å²) < 4.78 is 10.4. The highest BCUT2D eigenvalue weighted by Crippen LogP contribution is 2.31. The molecule has 0 bridgehead atoms. The number of hydrogen-bond donors (Lipinski definition) is 2. The molecule has 5 heteroatoms. The van der Waals surface area contributed by atoms with Gasteiger partial charge in [0.05, 0.1) is 25.5 Å². The summed E-state index contributed by atoms with van der Waals surface area (Å²) in [5, 5.41) is 12.0. The van der Waals surface area contributed by atoms with E-state index in [-0.39, 0.29) is 5.56 Å². The Hall–Kier alpha value is -2.69. The molecular weight excluding hydrogens is 258 g/mol. The van der Waals surface area contributed by atoms with Crippen molar-refractivity contribution in [3.8, 4) is 11.5 Å². The number of aromatic carboxylic acids is 1. The molecule has 2 aromatic carbocycles. The molecule has 0 heterocycles. The van der Waals surface area contributed by atoms with Crippen LogP contribution in [0.3, 0.4) is 0 Å². The lowest BCUT2D eigenvalue weighted by molar-refractivity contribution is 0.0697. The van der Waals surface area contributed by atoms with Crippen LogP contribution in [0.2, 0.25) is 0 Å². The number of carboxylic acids is 1. The number of ether oxygens (including phenoxy) is 2. The number of carboxylic acid groups (broad SMARTS) is 1. The highest BCUT2D eigenvalue weighted by Gasteiger charge is 2.06. The van der Waals surface area contributed by atoms with Crippen molar-refractivity contribution in [1.82, 2.24) is 0 Å². The normalized spacial score (nSPS) is 9.90. The summed E-state index contributed by atoms with van der Waals surface area (Å²) in [6, 6.07) is 11.9. The maximum absolute atomic E-state index is 10.8. The van der Waals surface area contributed by atoms with Gasteiger partial charge in [0.1, 0.15) is 11.5 Å². The number of hydrogen-bond acceptors (Lipinski definition) is 4. The van der Waals surface area contributed by atoms with Gasteiger partial charge in [-0.2, -0.15) is 0 Å². The quantitative estimate of drug-likeness (QED) is 0.876. The van der Waals surface area contributed by atoms with E-state index < -0.39 is 5.97 Å². The van der Waals surface area contributed by atoms with E-state index in [4.69, 9.17) is 14.6 Å². The fourth-order valence-electron chi connectivity index (χ4n) is 1.75. The van der Waals surface area contributed by atoms with Crippen molar-refractivity contribution in [3.63, 3.8) is 0 Å². The van der Waals surface area contributed by atoms with Gasteiger partial charge in [-0.05, 0) is 36.4 Å². The first-order chi connectivity index (χ1) is 9.63. The minimum absolute atomic E-state index is 0.247. The number of nitrogens with one attached hydrogen (secondary N) is 1. The van der Waals surface area contributed by atoms with Crippen LogP contribution in [0.5, 0.6) is 11.5 Å². The summed E-state index contributed by atoms with van der Waals surface area (Å²) in [6.45, 7) is 0. The SMILES string of the molecule is COc1ccc(Nc2ccc(C(=O)O)cc2)c(OC)c1. The van der Waals surface area contributed by atoms with E-state index in [1.54, 1.807) is 44.6 Å². The Labute approximate surface area is 116 Å². The second kappa shape index (κ2) is 5.97. The molecule has 2 aromatic rings. The minimum atomic E-state index is -0.946. The smallest absolute Gasteiger partial charge is 0.335 e. The third kappa shape index (κ3) is 3.00. The molecule has 2 N–H and O–H groups in total. The summed E-state index contributed by atoms with van der Waals surface area (Å²) in [5.41, 5.74) is 1.80. The molecule has 20 heavy (non-hydrogen) atoms. The Kier molecular flexibility index (Phi) is 4.10. The zero-order valence-electron chi connectivity index (χ0n) is 11.2. The summed E-state index contributed by atoms with van der Waals surface area (Å²) in [7, 11) is 3.17. The average molecular weight is 273 g/mol. The first-order valence-corrected chi connectivity index (χ1v) is 5.96. The second-order valence-electron chi connectivity index (χ2n) is 4.07. The zero-order chi connectivity index (χ0) is 14.5. The summed E-state index contributed by atoms with van der Waals surface area (Å²) in [4.78, 5) is 10.8. The Morgan fingerprint density at radius 1 is 1.05 bits per heavy atom. The number of carbonyl (C=O) groups is 1. The van der Waals surface area contributed by atoms with Crippen molar-refractivity contribution >= 4 is 17.3 Å². The third-order valence-corrected chi connectivity index (χ3v) is 2.82. The molecule has 0 aliphatic rings. The lowest BCUT2D eigenvalue weighted by Gasteiger charge is -2.12. The maximum atomic E-state index is 10.8. The zero-order valence-corrected chi connectivity index (χ0v) is 11.2. The molecule has 0 aliphatic carbocycles. The van der Waals surface area contributed by atoms with Gasteiger partial charge in [0.2, 0.25) is 0 Å². The molecule has 2 rings (SSSR count). The van der Waals surface area contributed by atoms with Gasteiger partial charge in [0.15, 0.2) is 0 Å². The largest absolute Gasteiger partial charge is 0.497 e. The van der Waals surface area contributed by atoms with Gasteiger partial charge < -0.3 is 19.9 Å². The van der Waals surface area contributed by atoms with Gasteiger partial charge in [-0.15, -0.1) is 0 Å². The van der Waals surface area contributed by atoms with Crippen molar-refractivity contribution in [1.29, 1.82) is 0 Å². The van der Waals surface area contributed by atoms with Crippen molar-refractivity contribution in [2.75, 3.05) is 19.5 Å². The van der Waals surface area contributed by atoms with Gasteiger partial charge in [0, 0.05) is 11.8 Å². The van der Waals surface area contributed by atoms with Gasteiger partial charge in [-0.1, -0.05) is 0 Å². The van der Waals surface area contributed by atoms with Crippen LogP contribution in [-0.4, -0.2) is 25.3 Å². The van der Waals surface area contributed by atoms with Crippen molar-refractivity contribution in [2.45, 2.75) is 0 Å². The van der Waals surface area contributed by atoms with E-state index in [9.17, 15) is 4.79 Å². The molecule has 0 fully saturated rings. The van der Waals surface area contributed by atoms with E-state index >= 15 is 0 Å². The molecule has 0 saturated heterocycles. The lowest BCUT2D eigenvalue weighted by atomic mass is 10.2. The van der Waals surface area contributed by atoms with Crippen LogP contribution in [-0.2, 0) is 0 Å². The second-order valence-corrected chi connectivity index (χ2v) is 4.07. The van der Waals surface area contributed by atoms with Crippen molar-refractivity contribution in [3.05, 3.63) is 48.0 Å². The molecule has 0 aliphatic heterocycles. The molecule has 0 aromatic heterocycles. The van der Waals surface area contributed by atoms with E-state index in [2.05, 4.69) is 5.32 Å². The van der Waals surface area contributed by atoms with Crippen LogP contribution in [0.4, 0.5) is 11.4 Å². The van der Waals surface area contributed by atoms with Crippen molar-refractivity contribution < 1.29 is 19.4 Å². The van der Waals surface area contributed by atoms with E-state index in [0.717, 1.165) is 11.4 Å². The summed E-state index contributed by atoms with van der Waals surface area (Å²) >= 11 is 0. The average Bonchev–Trinajstić information content (AvgIpc) is 2.48. The van der Waals surface area contributed by atoms with Gasteiger partial charge in [-0.25, -0.2) is 4.79 Å². The Bertz CT molecular complexity index is 608. The Morgan fingerprint density at radius 2 is 1.75 bits per heavy atom. The van der Waals surface area contributed by atoms with Gasteiger partial charge >= 0.3 is 5.97 Å². The number of anilines is 2. The highest BCUT2D eigenvalue weighted by atomic mass is 16.5. The first kappa shape index (κ1) is 13.7. The minimum Gasteiger partial charge on any atom is -0.497 e. The summed E-state index contributed by atoms with van der Waals surface area (Å²) in [5.74, 6) is 0.402. The molecule has 0 saturated carbocycles. The third-order valence-electron chi connectivity index (χ3n) is 2.82. The fourth-order valence-corrected chi connectivity index (χ4v) is 1.75. The molecule has 0 amide bonds. The summed E-state index contributed by atoms with van der Waals surface area (Å²) in [6.07, 6.45) is 0. The lowest BCUT2D eigenvalue weighted by Crippen LogP contribution is -1.98. The predicted octanol–water partition coefficient (Wildman–Crippen LogP) is 3.15. The fraction of sp³-hybridized carbons (Fsp3) is 0.133. The van der Waals surface area contributed by atoms with Gasteiger partial charge in [-0.3, -0.25) is 0 Å². The van der Waals surface area contributed by atoms with Crippen LogP contribution < -0.4 is 14.8 Å². The Morgan fingerprint density at radius 3 is 2.30 bits per heavy atom. The van der Waals surface area contributed by atoms with E-state index in [1.807, 2.05) is 12.1 Å². The molecule has 0 spiro atoms. The van der Waals surface area contributed by atoms with Crippen LogP contribution in [0.1, 0.15) is 10.4 Å². The highest BCUT2D eigenvalue weighted by molar-refractivity contribution is 5.88. The van der Waals surface area contributed by atoms with Gasteiger partial charge in [0.25, 0.3) is 0 Å². The Balaban J connectivity index is 2.23. The molecule has 5 nitrogen and oxygen atoms in total. The van der Waals surface area contributed by atoms with Crippen molar-refractivity contribution in [2.24, 2.45) is 0 Å². The van der Waals surface area contributed by atoms with Crippen LogP contribution in [0.15, 0.2) is 42.5 Å². The van der Waals surface area contributed by atoms with Crippen LogP contribution in [0.25, 0.3) is 0 Å². The molecule has 0 unspecified atom stereocenters. The van der Waals surface area contributed by atoms with Crippen LogP contribution >= 0.6 is 0 Å². The first-order valence-electron chi connectivity index (χ1n) is 5.96. The van der Waals surface area contributed by atoms with E-state index in [1.165, 1.54) is 0 Å². The molecule has 104 valence electrons. The number of benzene rings is 2.